The summed E-state index contributed by atoms with van der Waals surface area (Å²) in [5, 5.41) is 9.33. The van der Waals surface area contributed by atoms with Crippen LogP contribution in [0.2, 0.25) is 0 Å². The van der Waals surface area contributed by atoms with Gasteiger partial charge in [-0.2, -0.15) is 5.10 Å². The van der Waals surface area contributed by atoms with E-state index >= 15 is 0 Å². The molecule has 0 amide bonds. The second kappa shape index (κ2) is 6.32. The number of fused-ring (bicyclic) bond motifs is 1. The van der Waals surface area contributed by atoms with Crippen LogP contribution in [0, 0.1) is 13.8 Å². The lowest BCUT2D eigenvalue weighted by Crippen LogP contribution is -2.21. The molecule has 1 atom stereocenters. The molecule has 5 heteroatoms. The number of aromatic nitrogens is 2. The van der Waals surface area contributed by atoms with Crippen molar-refractivity contribution in [1.29, 1.82) is 0 Å². The van der Waals surface area contributed by atoms with Crippen molar-refractivity contribution in [2.45, 2.75) is 33.4 Å². The van der Waals surface area contributed by atoms with E-state index in [1.54, 1.807) is 0 Å². The molecule has 2 aromatic heterocycles. The molecule has 0 aliphatic heterocycles. The van der Waals surface area contributed by atoms with Gasteiger partial charge in [-0.25, -0.2) is 0 Å². The molecule has 1 N–H and O–H groups in total. The van der Waals surface area contributed by atoms with E-state index in [4.69, 9.17) is 4.42 Å². The number of nitrogens with one attached hydrogen (secondary N) is 1. The quantitative estimate of drug-likeness (QED) is 0.776. The first kappa shape index (κ1) is 16.6. The van der Waals surface area contributed by atoms with E-state index in [2.05, 4.69) is 48.2 Å². The van der Waals surface area contributed by atoms with Gasteiger partial charge in [-0.3, -0.25) is 4.68 Å². The number of aryl methyl sites for hydroxylation is 3. The maximum absolute atomic E-state index is 6.07. The molecule has 0 saturated heterocycles. The smallest absolute Gasteiger partial charge is 0.134 e. The summed E-state index contributed by atoms with van der Waals surface area (Å²) in [6, 6.07) is 8.32. The SMILES string of the molecule is Cc1nn(C)c(N(C)C)c1CNC(C)c1oc2ccccc2c1C. The molecule has 24 heavy (non-hydrogen) atoms. The summed E-state index contributed by atoms with van der Waals surface area (Å²) in [7, 11) is 6.08. The van der Waals surface area contributed by atoms with Crippen LogP contribution < -0.4 is 10.2 Å². The van der Waals surface area contributed by atoms with Crippen LogP contribution in [0.15, 0.2) is 28.7 Å². The van der Waals surface area contributed by atoms with Crippen molar-refractivity contribution in [3.63, 3.8) is 0 Å². The van der Waals surface area contributed by atoms with Gasteiger partial charge in [-0.15, -0.1) is 0 Å². The monoisotopic (exact) mass is 326 g/mol. The van der Waals surface area contributed by atoms with E-state index in [0.29, 0.717) is 0 Å². The van der Waals surface area contributed by atoms with E-state index in [-0.39, 0.29) is 6.04 Å². The minimum atomic E-state index is 0.131. The molecule has 0 aliphatic carbocycles. The third-order valence-electron chi connectivity index (χ3n) is 4.60. The highest BCUT2D eigenvalue weighted by molar-refractivity contribution is 5.82. The third-order valence-corrected chi connectivity index (χ3v) is 4.60. The van der Waals surface area contributed by atoms with Crippen molar-refractivity contribution in [3.8, 4) is 0 Å². The maximum Gasteiger partial charge on any atom is 0.134 e. The van der Waals surface area contributed by atoms with Gasteiger partial charge in [0.2, 0.25) is 0 Å². The van der Waals surface area contributed by atoms with Crippen LogP contribution in [-0.4, -0.2) is 23.9 Å². The fraction of sp³-hybridized carbons (Fsp3) is 0.421. The lowest BCUT2D eigenvalue weighted by Gasteiger charge is -2.17. The Morgan fingerprint density at radius 3 is 2.62 bits per heavy atom. The molecule has 3 aromatic rings. The molecule has 5 nitrogen and oxygen atoms in total. The molecule has 0 spiro atoms. The fourth-order valence-corrected chi connectivity index (χ4v) is 3.41. The first-order valence-corrected chi connectivity index (χ1v) is 8.31. The molecule has 3 rings (SSSR count). The van der Waals surface area contributed by atoms with Crippen LogP contribution in [0.25, 0.3) is 11.0 Å². The first-order chi connectivity index (χ1) is 11.4. The van der Waals surface area contributed by atoms with Crippen LogP contribution in [0.3, 0.4) is 0 Å². The molecule has 1 unspecified atom stereocenters. The topological polar surface area (TPSA) is 46.2 Å². The number of para-hydroxylation sites is 1. The van der Waals surface area contributed by atoms with Crippen molar-refractivity contribution in [1.82, 2.24) is 15.1 Å². The van der Waals surface area contributed by atoms with Crippen molar-refractivity contribution >= 4 is 16.8 Å². The second-order valence-electron chi connectivity index (χ2n) is 6.60. The van der Waals surface area contributed by atoms with E-state index < -0.39 is 0 Å². The van der Waals surface area contributed by atoms with Crippen LogP contribution in [-0.2, 0) is 13.6 Å². The summed E-state index contributed by atoms with van der Waals surface area (Å²) in [5.41, 5.74) is 4.44. The van der Waals surface area contributed by atoms with Gasteiger partial charge in [-0.05, 0) is 32.4 Å². The number of hydrogen-bond acceptors (Lipinski definition) is 4. The molecule has 128 valence electrons. The standard InChI is InChI=1S/C19H26N4O/c1-12-15-9-7-8-10-17(15)24-18(12)14(3)20-11-16-13(2)21-23(6)19(16)22(4)5/h7-10,14,20H,11H2,1-6H3. The van der Waals surface area contributed by atoms with Gasteiger partial charge < -0.3 is 14.6 Å². The number of anilines is 1. The second-order valence-corrected chi connectivity index (χ2v) is 6.60. The predicted molar refractivity (Wildman–Crippen MR) is 98.5 cm³/mol. The molecular weight excluding hydrogens is 300 g/mol. The Balaban J connectivity index is 1.83. The predicted octanol–water partition coefficient (Wildman–Crippen LogP) is 3.70. The Labute approximate surface area is 143 Å². The van der Waals surface area contributed by atoms with Crippen molar-refractivity contribution in [3.05, 3.63) is 46.8 Å². The van der Waals surface area contributed by atoms with Crippen molar-refractivity contribution in [2.75, 3.05) is 19.0 Å². The van der Waals surface area contributed by atoms with Gasteiger partial charge in [0.15, 0.2) is 0 Å². The van der Waals surface area contributed by atoms with Crippen molar-refractivity contribution < 1.29 is 4.42 Å². The van der Waals surface area contributed by atoms with E-state index in [1.807, 2.05) is 38.0 Å². The molecule has 0 fully saturated rings. The highest BCUT2D eigenvalue weighted by Crippen LogP contribution is 2.30. The van der Waals surface area contributed by atoms with E-state index in [0.717, 1.165) is 29.4 Å². The van der Waals surface area contributed by atoms with Gasteiger partial charge in [0.25, 0.3) is 0 Å². The van der Waals surface area contributed by atoms with Gasteiger partial charge in [0, 0.05) is 38.6 Å². The molecule has 2 heterocycles. The Bertz CT molecular complexity index is 860. The zero-order valence-corrected chi connectivity index (χ0v) is 15.3. The molecule has 0 radical (unpaired) electrons. The number of furan rings is 1. The minimum Gasteiger partial charge on any atom is -0.459 e. The zero-order chi connectivity index (χ0) is 17.4. The number of hydrogen-bond donors (Lipinski definition) is 1. The molecule has 0 saturated carbocycles. The van der Waals surface area contributed by atoms with E-state index in [1.165, 1.54) is 16.5 Å². The Hall–Kier alpha value is -2.27. The molecular formula is C19H26N4O. The van der Waals surface area contributed by atoms with E-state index in [9.17, 15) is 0 Å². The minimum absolute atomic E-state index is 0.131. The summed E-state index contributed by atoms with van der Waals surface area (Å²) in [6.45, 7) is 7.08. The summed E-state index contributed by atoms with van der Waals surface area (Å²) in [6.07, 6.45) is 0. The summed E-state index contributed by atoms with van der Waals surface area (Å²) < 4.78 is 8.00. The summed E-state index contributed by atoms with van der Waals surface area (Å²) in [5.74, 6) is 2.14. The number of benzene rings is 1. The van der Waals surface area contributed by atoms with Crippen LogP contribution in [0.1, 0.15) is 35.5 Å². The largest absolute Gasteiger partial charge is 0.459 e. The van der Waals surface area contributed by atoms with Crippen LogP contribution in [0.5, 0.6) is 0 Å². The Kier molecular flexibility index (Phi) is 4.37. The van der Waals surface area contributed by atoms with Gasteiger partial charge in [0.1, 0.15) is 17.2 Å². The van der Waals surface area contributed by atoms with Crippen molar-refractivity contribution in [2.24, 2.45) is 7.05 Å². The van der Waals surface area contributed by atoms with Crippen LogP contribution >= 0.6 is 0 Å². The number of nitrogens with zero attached hydrogens (tertiary/aromatic N) is 3. The maximum atomic E-state index is 6.07. The highest BCUT2D eigenvalue weighted by Gasteiger charge is 2.19. The molecule has 0 aliphatic rings. The third kappa shape index (κ3) is 2.80. The zero-order valence-electron chi connectivity index (χ0n) is 15.3. The first-order valence-electron chi connectivity index (χ1n) is 8.31. The van der Waals surface area contributed by atoms with Gasteiger partial charge in [0.05, 0.1) is 11.7 Å². The fourth-order valence-electron chi connectivity index (χ4n) is 3.41. The molecule has 1 aromatic carbocycles. The van der Waals surface area contributed by atoms with Gasteiger partial charge in [-0.1, -0.05) is 18.2 Å². The summed E-state index contributed by atoms with van der Waals surface area (Å²) >= 11 is 0. The lowest BCUT2D eigenvalue weighted by molar-refractivity contribution is 0.447. The van der Waals surface area contributed by atoms with Gasteiger partial charge >= 0.3 is 0 Å². The Morgan fingerprint density at radius 1 is 1.25 bits per heavy atom. The lowest BCUT2D eigenvalue weighted by atomic mass is 10.1. The normalized spacial score (nSPS) is 12.8. The number of rotatable bonds is 5. The highest BCUT2D eigenvalue weighted by atomic mass is 16.3. The van der Waals surface area contributed by atoms with Crippen LogP contribution in [0.4, 0.5) is 5.82 Å². The average Bonchev–Trinajstić information content (AvgIpc) is 3.02. The summed E-state index contributed by atoms with van der Waals surface area (Å²) in [4.78, 5) is 2.11. The Morgan fingerprint density at radius 2 is 1.96 bits per heavy atom. The molecule has 0 bridgehead atoms. The average molecular weight is 326 g/mol.